The van der Waals surface area contributed by atoms with E-state index < -0.39 is 0 Å². The van der Waals surface area contributed by atoms with Crippen LogP contribution in [0, 0.1) is 0 Å². The fourth-order valence-electron chi connectivity index (χ4n) is 1.65. The number of phenolic OH excluding ortho intramolecular Hbond substituents is 1. The molecule has 0 saturated heterocycles. The van der Waals surface area contributed by atoms with Gasteiger partial charge in [-0.05, 0) is 36.9 Å². The molecule has 18 heavy (non-hydrogen) atoms. The molecule has 2 rings (SSSR count). The Balaban J connectivity index is 2.14. The van der Waals surface area contributed by atoms with Crippen LogP contribution in [0.15, 0.2) is 48.5 Å². The van der Waals surface area contributed by atoms with Crippen molar-refractivity contribution in [2.24, 2.45) is 0 Å². The van der Waals surface area contributed by atoms with Crippen LogP contribution in [-0.4, -0.2) is 11.7 Å². The molecule has 0 spiro atoms. The van der Waals surface area contributed by atoms with Crippen LogP contribution in [0.2, 0.25) is 0 Å². The van der Waals surface area contributed by atoms with E-state index >= 15 is 0 Å². The molecule has 3 heteroatoms. The normalized spacial score (nSPS) is 10.3. The molecule has 0 bridgehead atoms. The van der Waals surface area contributed by atoms with Crippen molar-refractivity contribution in [2.45, 2.75) is 13.5 Å². The summed E-state index contributed by atoms with van der Waals surface area (Å²) in [5.41, 5.74) is 0.838. The van der Waals surface area contributed by atoms with E-state index in [9.17, 15) is 5.11 Å². The van der Waals surface area contributed by atoms with Crippen molar-refractivity contribution in [1.29, 1.82) is 0 Å². The third-order valence-corrected chi connectivity index (χ3v) is 2.60. The van der Waals surface area contributed by atoms with Crippen LogP contribution < -0.4 is 10.1 Å². The van der Waals surface area contributed by atoms with Gasteiger partial charge in [-0.25, -0.2) is 0 Å². The maximum absolute atomic E-state index is 9.73. The van der Waals surface area contributed by atoms with Crippen LogP contribution in [-0.2, 0) is 6.54 Å². The van der Waals surface area contributed by atoms with Crippen molar-refractivity contribution in [2.75, 3.05) is 6.54 Å². The Kier molecular flexibility index (Phi) is 4.20. The van der Waals surface area contributed by atoms with Crippen LogP contribution >= 0.6 is 0 Å². The molecule has 0 saturated carbocycles. The Hall–Kier alpha value is -2.00. The van der Waals surface area contributed by atoms with Crippen molar-refractivity contribution in [3.63, 3.8) is 0 Å². The number of aromatic hydroxyl groups is 1. The predicted octanol–water partition coefficient (Wildman–Crippen LogP) is 3.29. The zero-order chi connectivity index (χ0) is 12.8. The second-order valence-electron chi connectivity index (χ2n) is 3.99. The third kappa shape index (κ3) is 3.25. The van der Waals surface area contributed by atoms with Gasteiger partial charge in [-0.1, -0.05) is 25.1 Å². The highest BCUT2D eigenvalue weighted by Crippen LogP contribution is 2.26. The molecule has 0 amide bonds. The summed E-state index contributed by atoms with van der Waals surface area (Å²) in [6, 6.07) is 14.9. The van der Waals surface area contributed by atoms with E-state index in [0.717, 1.165) is 23.6 Å². The van der Waals surface area contributed by atoms with Gasteiger partial charge in [-0.15, -0.1) is 0 Å². The second kappa shape index (κ2) is 6.07. The number of benzene rings is 2. The van der Waals surface area contributed by atoms with Crippen molar-refractivity contribution in [3.8, 4) is 17.2 Å². The highest BCUT2D eigenvalue weighted by Gasteiger charge is 2.04. The Bertz CT molecular complexity index is 497. The van der Waals surface area contributed by atoms with E-state index in [0.29, 0.717) is 6.54 Å². The first-order chi connectivity index (χ1) is 8.79. The highest BCUT2D eigenvalue weighted by molar-refractivity contribution is 5.41. The Labute approximate surface area is 107 Å². The number of hydrogen-bond acceptors (Lipinski definition) is 3. The maximum atomic E-state index is 9.73. The van der Waals surface area contributed by atoms with Gasteiger partial charge in [0.15, 0.2) is 0 Å². The Morgan fingerprint density at radius 3 is 2.56 bits per heavy atom. The van der Waals surface area contributed by atoms with Crippen LogP contribution in [0.3, 0.4) is 0 Å². The zero-order valence-corrected chi connectivity index (χ0v) is 10.4. The summed E-state index contributed by atoms with van der Waals surface area (Å²) in [4.78, 5) is 0. The van der Waals surface area contributed by atoms with Crippen LogP contribution in [0.5, 0.6) is 17.2 Å². The summed E-state index contributed by atoms with van der Waals surface area (Å²) in [5.74, 6) is 1.81. The summed E-state index contributed by atoms with van der Waals surface area (Å²) in [5, 5.41) is 12.9. The van der Waals surface area contributed by atoms with E-state index in [2.05, 4.69) is 5.32 Å². The minimum atomic E-state index is 0.288. The molecular weight excluding hydrogens is 226 g/mol. The minimum absolute atomic E-state index is 0.288. The van der Waals surface area contributed by atoms with Gasteiger partial charge in [-0.3, -0.25) is 0 Å². The van der Waals surface area contributed by atoms with E-state index in [4.69, 9.17) is 4.74 Å². The summed E-state index contributed by atoms with van der Waals surface area (Å²) in [6.07, 6.45) is 0. The molecule has 0 aromatic heterocycles. The van der Waals surface area contributed by atoms with Gasteiger partial charge in [0, 0.05) is 12.1 Å². The standard InChI is InChI=1S/C15H17NO2/c1-2-16-11-12-10-14(8-9-15(12)17)18-13-6-4-3-5-7-13/h3-10,16-17H,2,11H2,1H3. The van der Waals surface area contributed by atoms with Gasteiger partial charge in [0.1, 0.15) is 17.2 Å². The largest absolute Gasteiger partial charge is 0.508 e. The van der Waals surface area contributed by atoms with E-state index in [1.165, 1.54) is 0 Å². The quantitative estimate of drug-likeness (QED) is 0.846. The van der Waals surface area contributed by atoms with Crippen molar-refractivity contribution < 1.29 is 9.84 Å². The van der Waals surface area contributed by atoms with Crippen molar-refractivity contribution >= 4 is 0 Å². The summed E-state index contributed by atoms with van der Waals surface area (Å²) in [6.45, 7) is 3.53. The topological polar surface area (TPSA) is 41.5 Å². The lowest BCUT2D eigenvalue weighted by atomic mass is 10.2. The monoisotopic (exact) mass is 243 g/mol. The Morgan fingerprint density at radius 2 is 1.83 bits per heavy atom. The van der Waals surface area contributed by atoms with Gasteiger partial charge in [0.05, 0.1) is 0 Å². The first-order valence-corrected chi connectivity index (χ1v) is 6.05. The molecule has 0 heterocycles. The molecule has 94 valence electrons. The predicted molar refractivity (Wildman–Crippen MR) is 72.0 cm³/mol. The molecule has 0 aliphatic heterocycles. The number of rotatable bonds is 5. The first kappa shape index (κ1) is 12.5. The zero-order valence-electron chi connectivity index (χ0n) is 10.4. The van der Waals surface area contributed by atoms with Crippen molar-refractivity contribution in [3.05, 3.63) is 54.1 Å². The third-order valence-electron chi connectivity index (χ3n) is 2.60. The van der Waals surface area contributed by atoms with E-state index in [1.807, 2.05) is 43.3 Å². The number of para-hydroxylation sites is 1. The summed E-state index contributed by atoms with van der Waals surface area (Å²) in [7, 11) is 0. The first-order valence-electron chi connectivity index (χ1n) is 6.05. The molecule has 0 radical (unpaired) electrons. The van der Waals surface area contributed by atoms with Gasteiger partial charge >= 0.3 is 0 Å². The molecule has 0 unspecified atom stereocenters. The molecule has 0 atom stereocenters. The lowest BCUT2D eigenvalue weighted by Gasteiger charge is -2.09. The summed E-state index contributed by atoms with van der Waals surface area (Å²) < 4.78 is 5.72. The lowest BCUT2D eigenvalue weighted by molar-refractivity contribution is 0.455. The molecule has 0 aliphatic rings. The van der Waals surface area contributed by atoms with E-state index in [1.54, 1.807) is 12.1 Å². The maximum Gasteiger partial charge on any atom is 0.128 e. The smallest absolute Gasteiger partial charge is 0.128 e. The highest BCUT2D eigenvalue weighted by atomic mass is 16.5. The van der Waals surface area contributed by atoms with Gasteiger partial charge in [0.25, 0.3) is 0 Å². The number of hydrogen-bond donors (Lipinski definition) is 2. The molecule has 3 nitrogen and oxygen atoms in total. The second-order valence-corrected chi connectivity index (χ2v) is 3.99. The molecule has 0 aliphatic carbocycles. The lowest BCUT2D eigenvalue weighted by Crippen LogP contribution is -2.11. The number of ether oxygens (including phenoxy) is 1. The molecule has 2 N–H and O–H groups in total. The number of nitrogens with one attached hydrogen (secondary N) is 1. The number of phenols is 1. The molecular formula is C15H17NO2. The summed E-state index contributed by atoms with van der Waals surface area (Å²) >= 11 is 0. The fourth-order valence-corrected chi connectivity index (χ4v) is 1.65. The van der Waals surface area contributed by atoms with Gasteiger partial charge < -0.3 is 15.2 Å². The van der Waals surface area contributed by atoms with Crippen LogP contribution in [0.4, 0.5) is 0 Å². The molecule has 2 aromatic rings. The van der Waals surface area contributed by atoms with Gasteiger partial charge in [0.2, 0.25) is 0 Å². The van der Waals surface area contributed by atoms with Crippen LogP contribution in [0.1, 0.15) is 12.5 Å². The fraction of sp³-hybridized carbons (Fsp3) is 0.200. The molecule has 0 fully saturated rings. The molecule has 2 aromatic carbocycles. The van der Waals surface area contributed by atoms with Crippen molar-refractivity contribution in [1.82, 2.24) is 5.32 Å². The minimum Gasteiger partial charge on any atom is -0.508 e. The van der Waals surface area contributed by atoms with E-state index in [-0.39, 0.29) is 5.75 Å². The SMILES string of the molecule is CCNCc1cc(Oc2ccccc2)ccc1O. The van der Waals surface area contributed by atoms with Crippen LogP contribution in [0.25, 0.3) is 0 Å². The van der Waals surface area contributed by atoms with Gasteiger partial charge in [-0.2, -0.15) is 0 Å². The Morgan fingerprint density at radius 1 is 1.06 bits per heavy atom. The average Bonchev–Trinajstić information content (AvgIpc) is 2.40. The average molecular weight is 243 g/mol.